The van der Waals surface area contributed by atoms with Crippen LogP contribution in [0, 0.1) is 0 Å². The van der Waals surface area contributed by atoms with Gasteiger partial charge in [0.1, 0.15) is 30.5 Å². The SMILES string of the molecule is CCCCCCCCC/C=C\CCCCCCC(O)C(=O)NC(COC1OC(CO)C(O)C(OS(=O)(=O)O)C1O)C(O)CCCCCCCCCCCCCCCC. The number of unbranched alkanes of at least 4 members (excludes halogenated alkanes) is 24. The van der Waals surface area contributed by atoms with Gasteiger partial charge in [0.2, 0.25) is 5.91 Å². The molecule has 0 aliphatic carbocycles. The summed E-state index contributed by atoms with van der Waals surface area (Å²) in [5.41, 5.74) is 0. The number of hydrogen-bond donors (Lipinski definition) is 7. The van der Waals surface area contributed by atoms with Crippen LogP contribution in [-0.4, -0.2) is 107 Å². The van der Waals surface area contributed by atoms with E-state index in [-0.39, 0.29) is 6.42 Å². The van der Waals surface area contributed by atoms with Gasteiger partial charge in [-0.2, -0.15) is 8.42 Å². The molecule has 1 amide bonds. The van der Waals surface area contributed by atoms with Gasteiger partial charge in [-0.25, -0.2) is 4.18 Å². The lowest BCUT2D eigenvalue weighted by Crippen LogP contribution is -2.61. The van der Waals surface area contributed by atoms with E-state index in [1.54, 1.807) is 0 Å². The van der Waals surface area contributed by atoms with Crippen molar-refractivity contribution in [1.82, 2.24) is 5.32 Å². The molecular weight excluding hydrogens is 767 g/mol. The predicted molar refractivity (Wildman–Crippen MR) is 228 cm³/mol. The van der Waals surface area contributed by atoms with Gasteiger partial charge in [0.15, 0.2) is 6.29 Å². The second-order valence-corrected chi connectivity index (χ2v) is 17.5. The highest BCUT2D eigenvalue weighted by molar-refractivity contribution is 7.80. The number of ether oxygens (including phenoxy) is 2. The van der Waals surface area contributed by atoms with Crippen molar-refractivity contribution in [2.24, 2.45) is 0 Å². The second-order valence-electron chi connectivity index (χ2n) is 16.5. The van der Waals surface area contributed by atoms with Gasteiger partial charge in [0.25, 0.3) is 0 Å². The Morgan fingerprint density at radius 3 is 1.55 bits per heavy atom. The monoisotopic (exact) mass is 852 g/mol. The zero-order valence-electron chi connectivity index (χ0n) is 36.2. The van der Waals surface area contributed by atoms with Gasteiger partial charge in [-0.1, -0.05) is 174 Å². The number of carbonyl (C=O) groups is 1. The number of allylic oxidation sites excluding steroid dienone is 2. The van der Waals surface area contributed by atoms with E-state index in [2.05, 4.69) is 35.5 Å². The molecule has 1 aliphatic rings. The predicted octanol–water partition coefficient (Wildman–Crippen LogP) is 7.75. The topological polar surface area (TPSA) is 212 Å². The number of aliphatic hydroxyl groups excluding tert-OH is 5. The summed E-state index contributed by atoms with van der Waals surface area (Å²) >= 11 is 0. The lowest BCUT2D eigenvalue weighted by Gasteiger charge is -2.41. The van der Waals surface area contributed by atoms with E-state index in [1.807, 2.05) is 0 Å². The molecule has 8 atom stereocenters. The highest BCUT2D eigenvalue weighted by Crippen LogP contribution is 2.26. The van der Waals surface area contributed by atoms with E-state index in [1.165, 1.54) is 109 Å². The summed E-state index contributed by atoms with van der Waals surface area (Å²) < 4.78 is 47.5. The van der Waals surface area contributed by atoms with Crippen LogP contribution in [0.2, 0.25) is 0 Å². The van der Waals surface area contributed by atoms with E-state index in [9.17, 15) is 43.3 Å². The average molecular weight is 852 g/mol. The molecule has 0 spiro atoms. The summed E-state index contributed by atoms with van der Waals surface area (Å²) in [5.74, 6) is -0.678. The zero-order chi connectivity index (χ0) is 42.9. The summed E-state index contributed by atoms with van der Waals surface area (Å²) in [5, 5.41) is 55.3. The number of nitrogens with one attached hydrogen (secondary N) is 1. The first-order valence-electron chi connectivity index (χ1n) is 23.2. The molecule has 58 heavy (non-hydrogen) atoms. The minimum Gasteiger partial charge on any atom is -0.394 e. The van der Waals surface area contributed by atoms with Gasteiger partial charge in [0.05, 0.1) is 25.4 Å². The molecule has 0 radical (unpaired) electrons. The van der Waals surface area contributed by atoms with Crippen molar-refractivity contribution in [3.63, 3.8) is 0 Å². The summed E-state index contributed by atoms with van der Waals surface area (Å²) in [6.45, 7) is 3.26. The molecule has 8 unspecified atom stereocenters. The summed E-state index contributed by atoms with van der Waals surface area (Å²) in [4.78, 5) is 13.1. The van der Waals surface area contributed by atoms with Crippen LogP contribution in [0.15, 0.2) is 12.2 Å². The van der Waals surface area contributed by atoms with Gasteiger partial charge < -0.3 is 40.3 Å². The van der Waals surface area contributed by atoms with Crippen LogP contribution >= 0.6 is 0 Å². The van der Waals surface area contributed by atoms with E-state index in [0.717, 1.165) is 51.4 Å². The van der Waals surface area contributed by atoms with Crippen LogP contribution in [-0.2, 0) is 28.9 Å². The molecule has 0 aromatic carbocycles. The summed E-state index contributed by atoms with van der Waals surface area (Å²) in [6.07, 6.45) is 25.4. The lowest BCUT2D eigenvalue weighted by atomic mass is 9.99. The van der Waals surface area contributed by atoms with Crippen molar-refractivity contribution in [2.75, 3.05) is 13.2 Å². The summed E-state index contributed by atoms with van der Waals surface area (Å²) in [6, 6.07) is -1.03. The van der Waals surface area contributed by atoms with E-state index in [4.69, 9.17) is 9.47 Å². The van der Waals surface area contributed by atoms with Gasteiger partial charge in [-0.15, -0.1) is 0 Å². The molecule has 1 saturated heterocycles. The van der Waals surface area contributed by atoms with Crippen LogP contribution < -0.4 is 5.32 Å². The molecule has 1 heterocycles. The standard InChI is InChI=1S/C44H85NO12S/c1-3-5-7-9-11-13-15-17-19-21-23-25-27-29-31-33-38(48)43(51)45-36(35-55-44-41(50)42(57-58(52,53)54)40(49)39(34-46)56-44)37(47)32-30-28-26-24-22-20-18-16-14-12-10-8-6-4-2/h19,21,36-42,44,46-50H,3-18,20,22-35H2,1-2H3,(H,45,51)(H,52,53,54)/b21-19-. The Morgan fingerprint density at radius 2 is 1.10 bits per heavy atom. The molecule has 1 fully saturated rings. The third kappa shape index (κ3) is 27.6. The highest BCUT2D eigenvalue weighted by atomic mass is 32.3. The lowest BCUT2D eigenvalue weighted by molar-refractivity contribution is -0.298. The van der Waals surface area contributed by atoms with Crippen molar-refractivity contribution < 1.29 is 57.0 Å². The largest absolute Gasteiger partial charge is 0.397 e. The van der Waals surface area contributed by atoms with Crippen LogP contribution in [0.5, 0.6) is 0 Å². The van der Waals surface area contributed by atoms with Crippen molar-refractivity contribution in [2.45, 2.75) is 249 Å². The first kappa shape index (κ1) is 54.8. The number of rotatable bonds is 39. The minimum absolute atomic E-state index is 0.248. The third-order valence-corrected chi connectivity index (χ3v) is 11.6. The molecule has 0 aromatic rings. The van der Waals surface area contributed by atoms with Gasteiger partial charge >= 0.3 is 10.4 Å². The van der Waals surface area contributed by atoms with E-state index >= 15 is 0 Å². The average Bonchev–Trinajstić information content (AvgIpc) is 3.19. The Hall–Kier alpha value is -1.20. The second kappa shape index (κ2) is 35.4. The van der Waals surface area contributed by atoms with Crippen molar-refractivity contribution >= 4 is 16.3 Å². The van der Waals surface area contributed by atoms with Crippen molar-refractivity contribution in [3.05, 3.63) is 12.2 Å². The first-order chi connectivity index (χ1) is 27.9. The Bertz CT molecular complexity index is 1110. The van der Waals surface area contributed by atoms with Gasteiger partial charge in [-0.3, -0.25) is 9.35 Å². The van der Waals surface area contributed by atoms with Crippen LogP contribution in [0.1, 0.15) is 200 Å². The molecule has 0 aromatic heterocycles. The Labute approximate surface area is 352 Å². The maximum Gasteiger partial charge on any atom is 0.397 e. The Morgan fingerprint density at radius 1 is 0.672 bits per heavy atom. The molecule has 0 bridgehead atoms. The molecule has 0 saturated carbocycles. The van der Waals surface area contributed by atoms with E-state index in [0.29, 0.717) is 19.3 Å². The maximum absolute atomic E-state index is 13.1. The number of carbonyl (C=O) groups excluding carboxylic acids is 1. The number of hydrogen-bond acceptors (Lipinski definition) is 11. The quantitative estimate of drug-likeness (QED) is 0.0180. The van der Waals surface area contributed by atoms with Crippen LogP contribution in [0.4, 0.5) is 0 Å². The molecule has 1 rings (SSSR count). The molecule has 14 heteroatoms. The van der Waals surface area contributed by atoms with Gasteiger partial charge in [-0.05, 0) is 38.5 Å². The molecule has 344 valence electrons. The normalized spacial score (nSPS) is 21.7. The first-order valence-corrected chi connectivity index (χ1v) is 24.5. The maximum atomic E-state index is 13.1. The number of aliphatic hydroxyl groups is 5. The molecule has 1 aliphatic heterocycles. The highest BCUT2D eigenvalue weighted by Gasteiger charge is 2.48. The summed E-state index contributed by atoms with van der Waals surface area (Å²) in [7, 11) is -5.11. The minimum atomic E-state index is -5.11. The van der Waals surface area contributed by atoms with Crippen molar-refractivity contribution in [3.8, 4) is 0 Å². The Kier molecular flexibility index (Phi) is 33.5. The fourth-order valence-electron chi connectivity index (χ4n) is 7.46. The fraction of sp³-hybridized carbons (Fsp3) is 0.932. The molecular formula is C44H85NO12S. The smallest absolute Gasteiger partial charge is 0.394 e. The number of amides is 1. The third-order valence-electron chi connectivity index (χ3n) is 11.2. The van der Waals surface area contributed by atoms with Crippen LogP contribution in [0.3, 0.4) is 0 Å². The zero-order valence-corrected chi connectivity index (χ0v) is 37.1. The molecule has 13 nitrogen and oxygen atoms in total. The molecule has 7 N–H and O–H groups in total. The fourth-order valence-corrected chi connectivity index (χ4v) is 7.97. The van der Waals surface area contributed by atoms with Gasteiger partial charge in [0, 0.05) is 0 Å². The van der Waals surface area contributed by atoms with Crippen molar-refractivity contribution in [1.29, 1.82) is 0 Å². The van der Waals surface area contributed by atoms with Crippen LogP contribution in [0.25, 0.3) is 0 Å². The Balaban J connectivity index is 2.58. The van der Waals surface area contributed by atoms with E-state index < -0.39 is 78.5 Å².